The number of hydrogen-bond donors (Lipinski definition) is 2. The highest BCUT2D eigenvalue weighted by Crippen LogP contribution is 2.43. The van der Waals surface area contributed by atoms with Crippen molar-refractivity contribution in [2.45, 2.75) is 17.4 Å². The predicted octanol–water partition coefficient (Wildman–Crippen LogP) is 1.89. The number of nitriles is 1. The van der Waals surface area contributed by atoms with Crippen molar-refractivity contribution >= 4 is 27.7 Å². The van der Waals surface area contributed by atoms with E-state index >= 15 is 0 Å². The molecule has 194 valence electrons. The summed E-state index contributed by atoms with van der Waals surface area (Å²) in [5.74, 6) is -3.20. The number of rotatable bonds is 7. The van der Waals surface area contributed by atoms with Gasteiger partial charge in [0.25, 0.3) is 10.1 Å². The van der Waals surface area contributed by atoms with Crippen molar-refractivity contribution in [2.24, 2.45) is 5.73 Å². The molecule has 37 heavy (non-hydrogen) atoms. The molecule has 0 saturated heterocycles. The van der Waals surface area contributed by atoms with Gasteiger partial charge in [0.1, 0.15) is 16.4 Å². The van der Waals surface area contributed by atoms with Gasteiger partial charge in [0.15, 0.2) is 0 Å². The Hall–Kier alpha value is -4.18. The van der Waals surface area contributed by atoms with Crippen LogP contribution in [0.2, 0.25) is 0 Å². The first-order valence-corrected chi connectivity index (χ1v) is 12.3. The number of methoxy groups -OCH3 is 2. The third-order valence-corrected chi connectivity index (χ3v) is 6.62. The summed E-state index contributed by atoms with van der Waals surface area (Å²) in [6.07, 6.45) is 0. The summed E-state index contributed by atoms with van der Waals surface area (Å²) in [4.78, 5) is 28.6. The van der Waals surface area contributed by atoms with Crippen LogP contribution < -0.4 is 10.6 Å². The largest absolute Gasteiger partial charge is 0.466 e. The van der Waals surface area contributed by atoms with E-state index in [1.54, 1.807) is 49.3 Å². The molecule has 0 aliphatic carbocycles. The minimum absolute atomic E-state index is 0.00584. The van der Waals surface area contributed by atoms with Crippen LogP contribution in [-0.2, 0) is 35.7 Å². The Morgan fingerprint density at radius 2 is 1.73 bits per heavy atom. The SMILES string of the molecule is COC(=O)C1=C(C(=O)OC)N(c2ccc(CN(C)C)c(S(=O)(=O)O)c2)C(N)=C(C#N)C1c1ccccc1. The Morgan fingerprint density at radius 1 is 1.11 bits per heavy atom. The number of carbonyl (C=O) groups is 2. The fraction of sp³-hybridized carbons (Fsp3) is 0.240. The molecule has 0 spiro atoms. The first kappa shape index (κ1) is 27.4. The van der Waals surface area contributed by atoms with E-state index < -0.39 is 32.9 Å². The number of allylic oxidation sites excluding steroid dienone is 1. The molecule has 0 amide bonds. The molecule has 11 nitrogen and oxygen atoms in total. The van der Waals surface area contributed by atoms with Crippen LogP contribution in [0.4, 0.5) is 5.69 Å². The molecule has 12 heteroatoms. The third kappa shape index (κ3) is 5.34. The Labute approximate surface area is 214 Å². The second-order valence-electron chi connectivity index (χ2n) is 8.34. The molecular formula is C25H26N4O7S. The molecule has 1 heterocycles. The topological polar surface area (TPSA) is 163 Å². The molecule has 3 N–H and O–H groups in total. The summed E-state index contributed by atoms with van der Waals surface area (Å²) in [6, 6.07) is 14.5. The lowest BCUT2D eigenvalue weighted by molar-refractivity contribution is -0.139. The number of nitrogens with zero attached hydrogens (tertiary/aromatic N) is 3. The zero-order valence-corrected chi connectivity index (χ0v) is 21.4. The molecule has 1 unspecified atom stereocenters. The Balaban J connectivity index is 2.43. The maximum atomic E-state index is 13.1. The zero-order chi connectivity index (χ0) is 27.5. The van der Waals surface area contributed by atoms with Gasteiger partial charge in [-0.05, 0) is 37.4 Å². The number of benzene rings is 2. The predicted molar refractivity (Wildman–Crippen MR) is 133 cm³/mol. The molecule has 3 rings (SSSR count). The van der Waals surface area contributed by atoms with Gasteiger partial charge in [0, 0.05) is 12.2 Å². The van der Waals surface area contributed by atoms with Crippen LogP contribution in [0.5, 0.6) is 0 Å². The smallest absolute Gasteiger partial charge is 0.355 e. The fourth-order valence-electron chi connectivity index (χ4n) is 4.18. The number of hydrogen-bond acceptors (Lipinski definition) is 10. The van der Waals surface area contributed by atoms with Crippen LogP contribution >= 0.6 is 0 Å². The molecule has 0 bridgehead atoms. The van der Waals surface area contributed by atoms with E-state index in [0.717, 1.165) is 25.2 Å². The summed E-state index contributed by atoms with van der Waals surface area (Å²) in [7, 11) is 0.953. The van der Waals surface area contributed by atoms with Crippen molar-refractivity contribution in [1.29, 1.82) is 5.26 Å². The fourth-order valence-corrected chi connectivity index (χ4v) is 4.91. The summed E-state index contributed by atoms with van der Waals surface area (Å²) < 4.78 is 44.3. The van der Waals surface area contributed by atoms with Crippen LogP contribution in [0, 0.1) is 11.3 Å². The van der Waals surface area contributed by atoms with Crippen LogP contribution in [0.3, 0.4) is 0 Å². The van der Waals surface area contributed by atoms with E-state index in [9.17, 15) is 27.8 Å². The molecule has 0 aromatic heterocycles. The quantitative estimate of drug-likeness (QED) is 0.400. The lowest BCUT2D eigenvalue weighted by atomic mass is 9.81. The van der Waals surface area contributed by atoms with Crippen molar-refractivity contribution in [3.05, 3.63) is 82.3 Å². The van der Waals surface area contributed by atoms with E-state index in [0.29, 0.717) is 5.56 Å². The summed E-state index contributed by atoms with van der Waals surface area (Å²) in [6.45, 7) is 0.174. The Bertz CT molecular complexity index is 1440. The number of anilines is 1. The summed E-state index contributed by atoms with van der Waals surface area (Å²) in [5, 5.41) is 10.1. The molecule has 1 aliphatic rings. The van der Waals surface area contributed by atoms with E-state index in [2.05, 4.69) is 0 Å². The maximum absolute atomic E-state index is 13.1. The third-order valence-electron chi connectivity index (χ3n) is 5.68. The highest BCUT2D eigenvalue weighted by atomic mass is 32.2. The molecule has 2 aromatic rings. The van der Waals surface area contributed by atoms with E-state index in [1.165, 1.54) is 12.1 Å². The van der Waals surface area contributed by atoms with Crippen molar-refractivity contribution < 1.29 is 32.0 Å². The summed E-state index contributed by atoms with van der Waals surface area (Å²) in [5.41, 5.74) is 6.52. The molecule has 0 fully saturated rings. The van der Waals surface area contributed by atoms with Gasteiger partial charge in [0.2, 0.25) is 0 Å². The molecule has 0 radical (unpaired) electrons. The van der Waals surface area contributed by atoms with Crippen LogP contribution in [0.1, 0.15) is 17.0 Å². The van der Waals surface area contributed by atoms with Gasteiger partial charge in [-0.3, -0.25) is 9.45 Å². The standard InChI is InChI=1S/C25H26N4O7S/c1-28(2)14-16-10-11-17(12-19(16)37(32,33)34)29-22(25(31)36-4)21(24(30)35-3)20(18(13-26)23(29)27)15-8-6-5-7-9-15/h5-12,20H,14,27H2,1-4H3,(H,32,33,34). The van der Waals surface area contributed by atoms with Gasteiger partial charge < -0.3 is 20.1 Å². The second-order valence-corrected chi connectivity index (χ2v) is 9.73. The Kier molecular flexibility index (Phi) is 8.03. The second kappa shape index (κ2) is 10.8. The van der Waals surface area contributed by atoms with Gasteiger partial charge in [0.05, 0.1) is 37.4 Å². The molecule has 1 atom stereocenters. The van der Waals surface area contributed by atoms with Crippen molar-refractivity contribution in [3.63, 3.8) is 0 Å². The molecular weight excluding hydrogens is 500 g/mol. The number of esters is 2. The average Bonchev–Trinajstić information content (AvgIpc) is 2.86. The lowest BCUT2D eigenvalue weighted by Gasteiger charge is -2.36. The molecule has 0 saturated carbocycles. The summed E-state index contributed by atoms with van der Waals surface area (Å²) >= 11 is 0. The highest BCUT2D eigenvalue weighted by Gasteiger charge is 2.43. The van der Waals surface area contributed by atoms with Crippen LogP contribution in [0.15, 0.2) is 76.1 Å². The van der Waals surface area contributed by atoms with Crippen molar-refractivity contribution in [2.75, 3.05) is 33.2 Å². The number of nitrogens with two attached hydrogens (primary N) is 1. The van der Waals surface area contributed by atoms with Crippen molar-refractivity contribution in [1.82, 2.24) is 4.90 Å². The molecule has 2 aromatic carbocycles. The number of carbonyl (C=O) groups excluding carboxylic acids is 2. The van der Waals surface area contributed by atoms with Gasteiger partial charge in [-0.15, -0.1) is 0 Å². The monoisotopic (exact) mass is 526 g/mol. The van der Waals surface area contributed by atoms with Gasteiger partial charge in [-0.1, -0.05) is 36.4 Å². The first-order valence-electron chi connectivity index (χ1n) is 10.9. The van der Waals surface area contributed by atoms with Crippen LogP contribution in [-0.4, -0.2) is 58.1 Å². The number of ether oxygens (including phenoxy) is 2. The lowest BCUT2D eigenvalue weighted by Crippen LogP contribution is -2.40. The van der Waals surface area contributed by atoms with E-state index in [4.69, 9.17) is 15.2 Å². The van der Waals surface area contributed by atoms with Gasteiger partial charge >= 0.3 is 11.9 Å². The first-order chi connectivity index (χ1) is 17.5. The minimum Gasteiger partial charge on any atom is -0.466 e. The minimum atomic E-state index is -4.71. The van der Waals surface area contributed by atoms with Crippen LogP contribution in [0.25, 0.3) is 0 Å². The van der Waals surface area contributed by atoms with E-state index in [1.807, 2.05) is 6.07 Å². The van der Waals surface area contributed by atoms with E-state index in [-0.39, 0.29) is 40.5 Å². The average molecular weight is 527 g/mol. The maximum Gasteiger partial charge on any atom is 0.355 e. The highest BCUT2D eigenvalue weighted by molar-refractivity contribution is 7.85. The zero-order valence-electron chi connectivity index (χ0n) is 20.6. The van der Waals surface area contributed by atoms with Gasteiger partial charge in [-0.25, -0.2) is 9.59 Å². The normalized spacial score (nSPS) is 16.0. The molecule has 1 aliphatic heterocycles. The van der Waals surface area contributed by atoms with Gasteiger partial charge in [-0.2, -0.15) is 13.7 Å². The Morgan fingerprint density at radius 3 is 2.24 bits per heavy atom. The van der Waals surface area contributed by atoms with Crippen molar-refractivity contribution in [3.8, 4) is 6.07 Å².